The van der Waals surface area contributed by atoms with Crippen molar-refractivity contribution in [3.63, 3.8) is 0 Å². The van der Waals surface area contributed by atoms with Crippen molar-refractivity contribution in [3.05, 3.63) is 42.0 Å². The fourth-order valence-corrected chi connectivity index (χ4v) is 3.77. The number of carbonyl (C=O) groups excluding carboxylic acids is 2. The second-order valence-electron chi connectivity index (χ2n) is 7.10. The molecule has 2 aliphatic heterocycles. The van der Waals surface area contributed by atoms with E-state index < -0.39 is 17.6 Å². The van der Waals surface area contributed by atoms with Crippen molar-refractivity contribution in [1.82, 2.24) is 9.80 Å². The molecule has 2 fully saturated rings. The van der Waals surface area contributed by atoms with Gasteiger partial charge in [-0.05, 0) is 37.1 Å². The summed E-state index contributed by atoms with van der Waals surface area (Å²) in [5.74, 6) is -0.446. The van der Waals surface area contributed by atoms with Crippen LogP contribution in [0.15, 0.2) is 30.9 Å². The molecule has 0 aromatic heterocycles. The second kappa shape index (κ2) is 6.90. The lowest BCUT2D eigenvalue weighted by atomic mass is 9.72. The standard InChI is InChI=1S/C19H21F3N2O3/c1-3-16(25)24-11-18(12-24)6-8-23(9-7-18)17(26)14-10-13(19(20,21)22)4-5-15(14)27-2/h3-5,10H,1,6-9,11-12H2,2H3. The van der Waals surface area contributed by atoms with E-state index in [9.17, 15) is 22.8 Å². The molecular formula is C19H21F3N2O3. The van der Waals surface area contributed by atoms with Crippen LogP contribution in [-0.4, -0.2) is 54.9 Å². The van der Waals surface area contributed by atoms with E-state index in [1.54, 1.807) is 9.80 Å². The van der Waals surface area contributed by atoms with Gasteiger partial charge in [0.2, 0.25) is 5.91 Å². The Morgan fingerprint density at radius 2 is 1.81 bits per heavy atom. The van der Waals surface area contributed by atoms with Gasteiger partial charge in [0.25, 0.3) is 5.91 Å². The number of hydrogen-bond donors (Lipinski definition) is 0. The molecule has 1 aromatic carbocycles. The highest BCUT2D eigenvalue weighted by Crippen LogP contribution is 2.41. The molecule has 5 nitrogen and oxygen atoms in total. The summed E-state index contributed by atoms with van der Waals surface area (Å²) in [7, 11) is 1.32. The van der Waals surface area contributed by atoms with Crippen LogP contribution in [0.2, 0.25) is 0 Å². The summed E-state index contributed by atoms with van der Waals surface area (Å²) >= 11 is 0. The van der Waals surface area contributed by atoms with E-state index in [2.05, 4.69) is 6.58 Å². The predicted octanol–water partition coefficient (Wildman–Crippen LogP) is 2.96. The van der Waals surface area contributed by atoms with Gasteiger partial charge >= 0.3 is 6.18 Å². The van der Waals surface area contributed by atoms with Crippen molar-refractivity contribution in [3.8, 4) is 5.75 Å². The summed E-state index contributed by atoms with van der Waals surface area (Å²) in [4.78, 5) is 27.7. The van der Waals surface area contributed by atoms with Gasteiger partial charge in [0.15, 0.2) is 0 Å². The lowest BCUT2D eigenvalue weighted by Crippen LogP contribution is -2.62. The van der Waals surface area contributed by atoms with Gasteiger partial charge in [0.05, 0.1) is 18.2 Å². The topological polar surface area (TPSA) is 49.9 Å². The molecule has 2 saturated heterocycles. The van der Waals surface area contributed by atoms with Crippen LogP contribution in [0.5, 0.6) is 5.75 Å². The minimum Gasteiger partial charge on any atom is -0.496 e. The first-order valence-corrected chi connectivity index (χ1v) is 8.65. The number of amides is 2. The molecule has 8 heteroatoms. The van der Waals surface area contributed by atoms with Gasteiger partial charge in [-0.3, -0.25) is 9.59 Å². The number of halogens is 3. The molecule has 1 spiro atoms. The van der Waals surface area contributed by atoms with Gasteiger partial charge in [0, 0.05) is 31.6 Å². The molecule has 2 amide bonds. The van der Waals surface area contributed by atoms with E-state index in [4.69, 9.17) is 4.74 Å². The van der Waals surface area contributed by atoms with Crippen molar-refractivity contribution in [1.29, 1.82) is 0 Å². The van der Waals surface area contributed by atoms with Gasteiger partial charge in [-0.15, -0.1) is 0 Å². The van der Waals surface area contributed by atoms with E-state index >= 15 is 0 Å². The zero-order valence-corrected chi connectivity index (χ0v) is 15.0. The number of methoxy groups -OCH3 is 1. The van der Waals surface area contributed by atoms with Gasteiger partial charge < -0.3 is 14.5 Å². The van der Waals surface area contributed by atoms with Crippen molar-refractivity contribution in [2.24, 2.45) is 5.41 Å². The largest absolute Gasteiger partial charge is 0.496 e. The Hall–Kier alpha value is -2.51. The van der Waals surface area contributed by atoms with E-state index in [0.717, 1.165) is 12.1 Å². The summed E-state index contributed by atoms with van der Waals surface area (Å²) in [6.45, 7) is 5.61. The molecule has 0 atom stereocenters. The lowest BCUT2D eigenvalue weighted by molar-refractivity contribution is -0.141. The molecular weight excluding hydrogens is 361 g/mol. The first-order chi connectivity index (χ1) is 12.7. The van der Waals surface area contributed by atoms with Crippen LogP contribution in [0.3, 0.4) is 0 Å². The Bertz CT molecular complexity index is 760. The summed E-state index contributed by atoms with van der Waals surface area (Å²) < 4.78 is 44.1. The zero-order chi connectivity index (χ0) is 19.8. The third kappa shape index (κ3) is 3.65. The van der Waals surface area contributed by atoms with E-state index in [0.29, 0.717) is 39.0 Å². The number of carbonyl (C=O) groups is 2. The Morgan fingerprint density at radius 3 is 2.33 bits per heavy atom. The van der Waals surface area contributed by atoms with Gasteiger partial charge in [-0.1, -0.05) is 6.58 Å². The molecule has 146 valence electrons. The van der Waals surface area contributed by atoms with Crippen LogP contribution in [0.25, 0.3) is 0 Å². The maximum absolute atomic E-state index is 13.0. The minimum atomic E-state index is -4.53. The smallest absolute Gasteiger partial charge is 0.416 e. The molecule has 0 aliphatic carbocycles. The monoisotopic (exact) mass is 382 g/mol. The highest BCUT2D eigenvalue weighted by Gasteiger charge is 2.47. The highest BCUT2D eigenvalue weighted by molar-refractivity contribution is 5.97. The number of rotatable bonds is 3. The van der Waals surface area contributed by atoms with Crippen molar-refractivity contribution >= 4 is 11.8 Å². The van der Waals surface area contributed by atoms with E-state index in [1.807, 2.05) is 0 Å². The number of piperidine rings is 1. The Balaban J connectivity index is 1.70. The average Bonchev–Trinajstić information content (AvgIpc) is 2.63. The molecule has 0 unspecified atom stereocenters. The lowest BCUT2D eigenvalue weighted by Gasteiger charge is -2.53. The van der Waals surface area contributed by atoms with Gasteiger partial charge in [-0.25, -0.2) is 0 Å². The number of ether oxygens (including phenoxy) is 1. The minimum absolute atomic E-state index is 0.00659. The highest BCUT2D eigenvalue weighted by atomic mass is 19.4. The molecule has 0 bridgehead atoms. The number of alkyl halides is 3. The fraction of sp³-hybridized carbons (Fsp3) is 0.474. The number of nitrogens with zero attached hydrogens (tertiary/aromatic N) is 2. The van der Waals surface area contributed by atoms with Crippen molar-refractivity contribution in [2.75, 3.05) is 33.3 Å². The molecule has 3 rings (SSSR count). The Kier molecular flexibility index (Phi) is 4.92. The van der Waals surface area contributed by atoms with Crippen LogP contribution >= 0.6 is 0 Å². The van der Waals surface area contributed by atoms with Crippen molar-refractivity contribution < 1.29 is 27.5 Å². The Morgan fingerprint density at radius 1 is 1.19 bits per heavy atom. The van der Waals surface area contributed by atoms with Crippen molar-refractivity contribution in [2.45, 2.75) is 19.0 Å². The number of hydrogen-bond acceptors (Lipinski definition) is 3. The quantitative estimate of drug-likeness (QED) is 0.756. The summed E-state index contributed by atoms with van der Waals surface area (Å²) in [5.41, 5.74) is -0.967. The third-order valence-corrected chi connectivity index (χ3v) is 5.41. The van der Waals surface area contributed by atoms with E-state index in [-0.39, 0.29) is 22.6 Å². The molecule has 0 N–H and O–H groups in total. The summed E-state index contributed by atoms with van der Waals surface area (Å²) in [6.07, 6.45) is -1.83. The maximum atomic E-state index is 13.0. The fourth-order valence-electron chi connectivity index (χ4n) is 3.77. The third-order valence-electron chi connectivity index (χ3n) is 5.41. The normalized spacial score (nSPS) is 18.8. The van der Waals surface area contributed by atoms with Gasteiger partial charge in [-0.2, -0.15) is 13.2 Å². The second-order valence-corrected chi connectivity index (χ2v) is 7.10. The van der Waals surface area contributed by atoms with Gasteiger partial charge in [0.1, 0.15) is 5.75 Å². The number of likely N-dealkylation sites (tertiary alicyclic amines) is 2. The first-order valence-electron chi connectivity index (χ1n) is 8.65. The van der Waals surface area contributed by atoms with Crippen LogP contribution in [-0.2, 0) is 11.0 Å². The SMILES string of the molecule is C=CC(=O)N1CC2(CCN(C(=O)c3cc(C(F)(F)F)ccc3OC)CC2)C1. The summed E-state index contributed by atoms with van der Waals surface area (Å²) in [5, 5.41) is 0. The number of benzene rings is 1. The zero-order valence-electron chi connectivity index (χ0n) is 15.0. The Labute approximate surface area is 155 Å². The van der Waals surface area contributed by atoms with E-state index in [1.165, 1.54) is 19.3 Å². The predicted molar refractivity (Wildman–Crippen MR) is 92.3 cm³/mol. The summed E-state index contributed by atoms with van der Waals surface area (Å²) in [6, 6.07) is 2.92. The molecule has 1 aromatic rings. The maximum Gasteiger partial charge on any atom is 0.416 e. The van der Waals surface area contributed by atoms with Crippen LogP contribution in [0.4, 0.5) is 13.2 Å². The first kappa shape index (κ1) is 19.3. The molecule has 27 heavy (non-hydrogen) atoms. The molecule has 0 radical (unpaired) electrons. The molecule has 0 saturated carbocycles. The molecule has 2 aliphatic rings. The molecule has 2 heterocycles. The van der Waals surface area contributed by atoms with Crippen LogP contribution in [0, 0.1) is 5.41 Å². The van der Waals surface area contributed by atoms with Crippen LogP contribution < -0.4 is 4.74 Å². The average molecular weight is 382 g/mol. The van der Waals surface area contributed by atoms with Crippen LogP contribution in [0.1, 0.15) is 28.8 Å².